The maximum Gasteiger partial charge on any atom is 0.226 e. The number of ether oxygens (including phenoxy) is 1. The zero-order valence-electron chi connectivity index (χ0n) is 11.9. The number of amides is 1. The van der Waals surface area contributed by atoms with Crippen LogP contribution in [0, 0.1) is 11.6 Å². The van der Waals surface area contributed by atoms with E-state index in [-0.39, 0.29) is 18.9 Å². The van der Waals surface area contributed by atoms with Crippen molar-refractivity contribution < 1.29 is 23.4 Å². The van der Waals surface area contributed by atoms with E-state index in [1.165, 1.54) is 6.07 Å². The predicted octanol–water partition coefficient (Wildman–Crippen LogP) is 1.51. The molecule has 1 aromatic rings. The number of halogens is 2. The molecule has 1 aliphatic heterocycles. The summed E-state index contributed by atoms with van der Waals surface area (Å²) in [6, 6.07) is 3.48. The number of likely N-dealkylation sites (tertiary alicyclic amines) is 1. The Balaban J connectivity index is 1.94. The number of benzene rings is 1. The van der Waals surface area contributed by atoms with Crippen LogP contribution >= 0.6 is 0 Å². The first-order valence-corrected chi connectivity index (χ1v) is 6.87. The second kappa shape index (κ2) is 6.49. The molecule has 21 heavy (non-hydrogen) atoms. The summed E-state index contributed by atoms with van der Waals surface area (Å²) in [5.74, 6) is -2.00. The number of hydrogen-bond donors (Lipinski definition) is 1. The van der Waals surface area contributed by atoms with Crippen molar-refractivity contribution in [3.8, 4) is 0 Å². The third-order valence-electron chi connectivity index (χ3n) is 4.09. The average Bonchev–Trinajstić information content (AvgIpc) is 2.51. The number of aliphatic hydroxyl groups excluding tert-OH is 1. The van der Waals surface area contributed by atoms with E-state index in [0.717, 1.165) is 12.1 Å². The van der Waals surface area contributed by atoms with Crippen LogP contribution in [0.15, 0.2) is 18.2 Å². The molecule has 1 heterocycles. The molecule has 1 saturated heterocycles. The van der Waals surface area contributed by atoms with Crippen LogP contribution in [0.2, 0.25) is 0 Å². The highest BCUT2D eigenvalue weighted by atomic mass is 19.2. The molecular weight excluding hydrogens is 280 g/mol. The van der Waals surface area contributed by atoms with Gasteiger partial charge in [-0.1, -0.05) is 6.07 Å². The van der Waals surface area contributed by atoms with Gasteiger partial charge < -0.3 is 14.7 Å². The largest absolute Gasteiger partial charge is 0.393 e. The smallest absolute Gasteiger partial charge is 0.226 e. The molecule has 1 aliphatic rings. The van der Waals surface area contributed by atoms with Crippen molar-refractivity contribution in [3.05, 3.63) is 35.4 Å². The molecule has 1 N–H and O–H groups in total. The van der Waals surface area contributed by atoms with Crippen LogP contribution in [0.1, 0.15) is 18.4 Å². The normalized spacial score (nSPS) is 17.8. The molecule has 1 amide bonds. The molecule has 0 atom stereocenters. The third kappa shape index (κ3) is 3.57. The van der Waals surface area contributed by atoms with E-state index in [9.17, 15) is 18.7 Å². The van der Waals surface area contributed by atoms with Crippen molar-refractivity contribution in [3.63, 3.8) is 0 Å². The Kier molecular flexibility index (Phi) is 4.90. The van der Waals surface area contributed by atoms with Gasteiger partial charge in [0.2, 0.25) is 5.91 Å². The Labute approximate surface area is 122 Å². The first-order chi connectivity index (χ1) is 9.99. The van der Waals surface area contributed by atoms with Crippen LogP contribution in [-0.4, -0.2) is 48.3 Å². The SMILES string of the molecule is COC1(CO)CCN(C(=O)Cc2ccc(F)c(F)c2)CC1. The van der Waals surface area contributed by atoms with Gasteiger partial charge in [0.1, 0.15) is 0 Å². The monoisotopic (exact) mass is 299 g/mol. The molecule has 0 spiro atoms. The molecule has 0 aromatic heterocycles. The summed E-state index contributed by atoms with van der Waals surface area (Å²) in [6.45, 7) is 0.891. The highest BCUT2D eigenvalue weighted by Gasteiger charge is 2.35. The summed E-state index contributed by atoms with van der Waals surface area (Å²) < 4.78 is 31.3. The Morgan fingerprint density at radius 3 is 2.52 bits per heavy atom. The van der Waals surface area contributed by atoms with Gasteiger partial charge in [0.25, 0.3) is 0 Å². The number of hydrogen-bond acceptors (Lipinski definition) is 3. The van der Waals surface area contributed by atoms with Crippen LogP contribution < -0.4 is 0 Å². The zero-order chi connectivity index (χ0) is 15.5. The minimum Gasteiger partial charge on any atom is -0.393 e. The lowest BCUT2D eigenvalue weighted by Crippen LogP contribution is -2.49. The Bertz CT molecular complexity index is 508. The molecular formula is C15H19F2NO3. The quantitative estimate of drug-likeness (QED) is 0.917. The van der Waals surface area contributed by atoms with E-state index in [4.69, 9.17) is 4.74 Å². The Hall–Kier alpha value is -1.53. The Morgan fingerprint density at radius 1 is 1.33 bits per heavy atom. The fourth-order valence-corrected chi connectivity index (χ4v) is 2.53. The van der Waals surface area contributed by atoms with Gasteiger partial charge in [0.05, 0.1) is 18.6 Å². The number of carbonyl (C=O) groups excluding carboxylic acids is 1. The summed E-state index contributed by atoms with van der Waals surface area (Å²) in [6.07, 6.45) is 1.16. The van der Waals surface area contributed by atoms with Gasteiger partial charge >= 0.3 is 0 Å². The molecule has 6 heteroatoms. The maximum absolute atomic E-state index is 13.1. The van der Waals surface area contributed by atoms with E-state index in [1.807, 2.05) is 0 Å². The summed E-state index contributed by atoms with van der Waals surface area (Å²) in [7, 11) is 1.55. The summed E-state index contributed by atoms with van der Waals surface area (Å²) in [4.78, 5) is 13.8. The zero-order valence-corrected chi connectivity index (χ0v) is 11.9. The minimum atomic E-state index is -0.947. The second-order valence-electron chi connectivity index (χ2n) is 5.35. The van der Waals surface area contributed by atoms with Gasteiger partial charge in [0, 0.05) is 20.2 Å². The van der Waals surface area contributed by atoms with Gasteiger partial charge in [-0.05, 0) is 30.5 Å². The lowest BCUT2D eigenvalue weighted by atomic mass is 9.91. The van der Waals surface area contributed by atoms with E-state index >= 15 is 0 Å². The molecule has 4 nitrogen and oxygen atoms in total. The highest BCUT2D eigenvalue weighted by molar-refractivity contribution is 5.78. The van der Waals surface area contributed by atoms with Crippen LogP contribution in [0.5, 0.6) is 0 Å². The van der Waals surface area contributed by atoms with Crippen molar-refractivity contribution in [1.29, 1.82) is 0 Å². The molecule has 0 saturated carbocycles. The number of carbonyl (C=O) groups is 1. The molecule has 0 unspecified atom stereocenters. The molecule has 116 valence electrons. The average molecular weight is 299 g/mol. The number of rotatable bonds is 4. The van der Waals surface area contributed by atoms with E-state index < -0.39 is 17.2 Å². The lowest BCUT2D eigenvalue weighted by Gasteiger charge is -2.39. The van der Waals surface area contributed by atoms with Gasteiger partial charge in [-0.3, -0.25) is 4.79 Å². The van der Waals surface area contributed by atoms with Crippen molar-refractivity contribution in [2.75, 3.05) is 26.8 Å². The van der Waals surface area contributed by atoms with Gasteiger partial charge in [-0.2, -0.15) is 0 Å². The minimum absolute atomic E-state index is 0.0380. The van der Waals surface area contributed by atoms with E-state index in [2.05, 4.69) is 0 Å². The standard InChI is InChI=1S/C15H19F2NO3/c1-21-15(10-19)4-6-18(7-5-15)14(20)9-11-2-3-12(16)13(17)8-11/h2-3,8,19H,4-7,9-10H2,1H3. The van der Waals surface area contributed by atoms with Crippen LogP contribution in [0.3, 0.4) is 0 Å². The molecule has 2 rings (SSSR count). The first kappa shape index (κ1) is 15.9. The highest BCUT2D eigenvalue weighted by Crippen LogP contribution is 2.25. The fourth-order valence-electron chi connectivity index (χ4n) is 2.53. The fraction of sp³-hybridized carbons (Fsp3) is 0.533. The van der Waals surface area contributed by atoms with Crippen LogP contribution in [-0.2, 0) is 16.0 Å². The van der Waals surface area contributed by atoms with Crippen molar-refractivity contribution in [1.82, 2.24) is 4.90 Å². The second-order valence-corrected chi connectivity index (χ2v) is 5.35. The van der Waals surface area contributed by atoms with Crippen LogP contribution in [0.4, 0.5) is 8.78 Å². The van der Waals surface area contributed by atoms with Crippen molar-refractivity contribution in [2.45, 2.75) is 24.9 Å². The van der Waals surface area contributed by atoms with E-state index in [0.29, 0.717) is 31.5 Å². The summed E-state index contributed by atoms with van der Waals surface area (Å²) in [5.41, 5.74) is -0.122. The summed E-state index contributed by atoms with van der Waals surface area (Å²) >= 11 is 0. The number of nitrogens with zero attached hydrogens (tertiary/aromatic N) is 1. The summed E-state index contributed by atoms with van der Waals surface area (Å²) in [5, 5.41) is 9.35. The molecule has 1 aromatic carbocycles. The number of aliphatic hydroxyl groups is 1. The van der Waals surface area contributed by atoms with Crippen LogP contribution in [0.25, 0.3) is 0 Å². The van der Waals surface area contributed by atoms with Crippen molar-refractivity contribution >= 4 is 5.91 Å². The number of methoxy groups -OCH3 is 1. The lowest BCUT2D eigenvalue weighted by molar-refractivity contribution is -0.138. The molecule has 0 aliphatic carbocycles. The Morgan fingerprint density at radius 2 is 2.00 bits per heavy atom. The van der Waals surface area contributed by atoms with Gasteiger partial charge in [-0.25, -0.2) is 8.78 Å². The van der Waals surface area contributed by atoms with Gasteiger partial charge in [-0.15, -0.1) is 0 Å². The topological polar surface area (TPSA) is 49.8 Å². The third-order valence-corrected chi connectivity index (χ3v) is 4.09. The molecule has 0 radical (unpaired) electrons. The molecule has 0 bridgehead atoms. The van der Waals surface area contributed by atoms with E-state index in [1.54, 1.807) is 12.0 Å². The van der Waals surface area contributed by atoms with Crippen molar-refractivity contribution in [2.24, 2.45) is 0 Å². The maximum atomic E-state index is 13.1. The number of piperidine rings is 1. The predicted molar refractivity (Wildman–Crippen MR) is 72.7 cm³/mol. The van der Waals surface area contributed by atoms with Gasteiger partial charge in [0.15, 0.2) is 11.6 Å². The first-order valence-electron chi connectivity index (χ1n) is 6.87. The molecule has 1 fully saturated rings.